The molecule has 1 aromatic carbocycles. The Morgan fingerprint density at radius 1 is 1.40 bits per heavy atom. The van der Waals surface area contributed by atoms with Crippen LogP contribution in [-0.4, -0.2) is 16.3 Å². The highest BCUT2D eigenvalue weighted by Gasteiger charge is 2.55. The minimum atomic E-state index is -0.141. The topological polar surface area (TPSA) is 34.1 Å². The van der Waals surface area contributed by atoms with Crippen molar-refractivity contribution in [3.63, 3.8) is 0 Å². The van der Waals surface area contributed by atoms with E-state index in [-0.39, 0.29) is 16.3 Å². The maximum Gasteiger partial charge on any atom is 0.180 e. The molecule has 0 bridgehead atoms. The average molecular weight is 218 g/mol. The summed E-state index contributed by atoms with van der Waals surface area (Å²) in [5, 5.41) is 0. The van der Waals surface area contributed by atoms with Crippen molar-refractivity contribution in [1.29, 1.82) is 0 Å². The summed E-state index contributed by atoms with van der Waals surface area (Å²) in [6, 6.07) is 5.46. The van der Waals surface area contributed by atoms with Gasteiger partial charge in [0.25, 0.3) is 0 Å². The van der Waals surface area contributed by atoms with Crippen LogP contribution < -0.4 is 0 Å². The Hall–Kier alpha value is -1.09. The van der Waals surface area contributed by atoms with Crippen molar-refractivity contribution in [2.45, 2.75) is 29.4 Å². The number of carbonyl (C=O) groups excluding carboxylic acids is 2. The van der Waals surface area contributed by atoms with Gasteiger partial charge in [-0.25, -0.2) is 0 Å². The molecule has 1 saturated carbocycles. The first-order chi connectivity index (χ1) is 7.12. The highest BCUT2D eigenvalue weighted by Crippen LogP contribution is 2.59. The summed E-state index contributed by atoms with van der Waals surface area (Å²) < 4.78 is -0.141. The van der Waals surface area contributed by atoms with Crippen LogP contribution in [0.4, 0.5) is 0 Å². The number of ketones is 2. The lowest BCUT2D eigenvalue weighted by atomic mass is 10.0. The maximum absolute atomic E-state index is 12.0. The molecule has 76 valence electrons. The zero-order valence-corrected chi connectivity index (χ0v) is 9.19. The number of hydrogen-bond donors (Lipinski definition) is 0. The number of fused-ring (bicyclic) bond motifs is 1. The summed E-state index contributed by atoms with van der Waals surface area (Å²) in [7, 11) is 0. The Labute approximate surface area is 92.1 Å². The van der Waals surface area contributed by atoms with Crippen LogP contribution in [0.25, 0.3) is 0 Å². The van der Waals surface area contributed by atoms with E-state index in [1.165, 1.54) is 6.92 Å². The standard InChI is InChI=1S/C12H10O2S/c1-7(13)8-2-3-10-9(6-8)11(14)12(15-10)4-5-12/h2-3,6H,4-5H2,1H3. The summed E-state index contributed by atoms with van der Waals surface area (Å²) >= 11 is 1.67. The van der Waals surface area contributed by atoms with Gasteiger partial charge in [-0.1, -0.05) is 6.07 Å². The monoisotopic (exact) mass is 218 g/mol. The van der Waals surface area contributed by atoms with Gasteiger partial charge in [-0.05, 0) is 31.9 Å². The fourth-order valence-corrected chi connectivity index (χ4v) is 3.29. The molecular formula is C12H10O2S. The second-order valence-corrected chi connectivity index (χ2v) is 5.62. The molecule has 0 saturated heterocycles. The average Bonchev–Trinajstić information content (AvgIpc) is 2.92. The lowest BCUT2D eigenvalue weighted by Crippen LogP contribution is -2.12. The van der Waals surface area contributed by atoms with Crippen LogP contribution in [0.5, 0.6) is 0 Å². The van der Waals surface area contributed by atoms with E-state index in [2.05, 4.69) is 0 Å². The van der Waals surface area contributed by atoms with Gasteiger partial charge in [0, 0.05) is 16.0 Å². The molecule has 2 nitrogen and oxygen atoms in total. The first-order valence-electron chi connectivity index (χ1n) is 5.01. The largest absolute Gasteiger partial charge is 0.295 e. The molecule has 0 aromatic heterocycles. The summed E-state index contributed by atoms with van der Waals surface area (Å²) in [6.07, 6.45) is 1.97. The molecule has 15 heavy (non-hydrogen) atoms. The van der Waals surface area contributed by atoms with Gasteiger partial charge < -0.3 is 0 Å². The van der Waals surface area contributed by atoms with Gasteiger partial charge in [0.1, 0.15) is 0 Å². The Balaban J connectivity index is 2.11. The smallest absolute Gasteiger partial charge is 0.180 e. The molecule has 1 aliphatic heterocycles. The zero-order chi connectivity index (χ0) is 10.6. The van der Waals surface area contributed by atoms with Crippen LogP contribution in [0, 0.1) is 0 Å². The first-order valence-corrected chi connectivity index (χ1v) is 5.83. The van der Waals surface area contributed by atoms with Crippen molar-refractivity contribution < 1.29 is 9.59 Å². The highest BCUT2D eigenvalue weighted by atomic mass is 32.2. The van der Waals surface area contributed by atoms with Crippen molar-refractivity contribution in [1.82, 2.24) is 0 Å². The molecule has 3 heteroatoms. The maximum atomic E-state index is 12.0. The first kappa shape index (κ1) is 9.16. The lowest BCUT2D eigenvalue weighted by molar-refractivity contribution is 0.0983. The van der Waals surface area contributed by atoms with E-state index in [4.69, 9.17) is 0 Å². The van der Waals surface area contributed by atoms with Crippen LogP contribution >= 0.6 is 11.8 Å². The number of Topliss-reactive ketones (excluding diaryl/α,β-unsaturated/α-hetero) is 2. The molecule has 1 aliphatic carbocycles. The fourth-order valence-electron chi connectivity index (χ4n) is 1.96. The predicted octanol–water partition coefficient (Wildman–Crippen LogP) is 2.71. The van der Waals surface area contributed by atoms with Crippen molar-refractivity contribution in [2.24, 2.45) is 0 Å². The number of carbonyl (C=O) groups is 2. The van der Waals surface area contributed by atoms with Crippen LogP contribution in [0.15, 0.2) is 23.1 Å². The molecule has 3 rings (SSSR count). The molecule has 1 spiro atoms. The summed E-state index contributed by atoms with van der Waals surface area (Å²) in [5.74, 6) is 0.248. The molecule has 1 heterocycles. The van der Waals surface area contributed by atoms with Crippen LogP contribution in [0.2, 0.25) is 0 Å². The minimum absolute atomic E-state index is 0.0207. The third kappa shape index (κ3) is 1.19. The van der Waals surface area contributed by atoms with Gasteiger partial charge in [-0.2, -0.15) is 0 Å². The number of benzene rings is 1. The summed E-state index contributed by atoms with van der Waals surface area (Å²) in [4.78, 5) is 24.3. The second-order valence-electron chi connectivity index (χ2n) is 4.19. The van der Waals surface area contributed by atoms with Gasteiger partial charge in [0.05, 0.1) is 4.75 Å². The van der Waals surface area contributed by atoms with E-state index in [0.29, 0.717) is 5.56 Å². The van der Waals surface area contributed by atoms with Crippen LogP contribution in [-0.2, 0) is 0 Å². The Kier molecular flexibility index (Phi) is 1.67. The molecule has 0 unspecified atom stereocenters. The number of hydrogen-bond acceptors (Lipinski definition) is 3. The van der Waals surface area contributed by atoms with E-state index < -0.39 is 0 Å². The highest BCUT2D eigenvalue weighted by molar-refractivity contribution is 8.02. The lowest BCUT2D eigenvalue weighted by Gasteiger charge is -1.99. The zero-order valence-electron chi connectivity index (χ0n) is 8.37. The molecule has 0 radical (unpaired) electrons. The van der Waals surface area contributed by atoms with Gasteiger partial charge in [0.2, 0.25) is 0 Å². The summed E-state index contributed by atoms with van der Waals surface area (Å²) in [6.45, 7) is 1.53. The molecule has 1 fully saturated rings. The van der Waals surface area contributed by atoms with Gasteiger partial charge in [-0.15, -0.1) is 11.8 Å². The van der Waals surface area contributed by atoms with E-state index in [1.807, 2.05) is 12.1 Å². The molecule has 1 aromatic rings. The second kappa shape index (κ2) is 2.73. The normalized spacial score (nSPS) is 20.5. The molecule has 0 atom stereocenters. The van der Waals surface area contributed by atoms with Crippen molar-refractivity contribution in [3.05, 3.63) is 29.3 Å². The van der Waals surface area contributed by atoms with E-state index in [0.717, 1.165) is 23.3 Å². The summed E-state index contributed by atoms with van der Waals surface area (Å²) in [5.41, 5.74) is 1.39. The SMILES string of the molecule is CC(=O)c1ccc2c(c1)C(=O)C1(CC1)S2. The van der Waals surface area contributed by atoms with E-state index in [9.17, 15) is 9.59 Å². The van der Waals surface area contributed by atoms with Crippen LogP contribution in [0.1, 0.15) is 40.5 Å². The third-order valence-electron chi connectivity index (χ3n) is 3.05. The van der Waals surface area contributed by atoms with Crippen molar-refractivity contribution in [2.75, 3.05) is 0 Å². The van der Waals surface area contributed by atoms with Gasteiger partial charge in [-0.3, -0.25) is 9.59 Å². The van der Waals surface area contributed by atoms with Crippen molar-refractivity contribution in [3.8, 4) is 0 Å². The fraction of sp³-hybridized carbons (Fsp3) is 0.333. The minimum Gasteiger partial charge on any atom is -0.295 e. The van der Waals surface area contributed by atoms with E-state index in [1.54, 1.807) is 17.8 Å². The third-order valence-corrected chi connectivity index (χ3v) is 4.61. The number of thioether (sulfide) groups is 1. The number of rotatable bonds is 1. The molecular weight excluding hydrogens is 208 g/mol. The Morgan fingerprint density at radius 2 is 2.13 bits per heavy atom. The van der Waals surface area contributed by atoms with Gasteiger partial charge in [0.15, 0.2) is 11.6 Å². The molecule has 2 aliphatic rings. The molecule has 0 N–H and O–H groups in total. The van der Waals surface area contributed by atoms with Crippen molar-refractivity contribution >= 4 is 23.3 Å². The van der Waals surface area contributed by atoms with Crippen LogP contribution in [0.3, 0.4) is 0 Å². The quantitative estimate of drug-likeness (QED) is 0.680. The Morgan fingerprint density at radius 3 is 2.73 bits per heavy atom. The van der Waals surface area contributed by atoms with E-state index >= 15 is 0 Å². The van der Waals surface area contributed by atoms with Gasteiger partial charge >= 0.3 is 0 Å². The molecule has 0 amide bonds. The Bertz CT molecular complexity index is 486. The predicted molar refractivity (Wildman–Crippen MR) is 58.6 cm³/mol.